The fourth-order valence-electron chi connectivity index (χ4n) is 2.24. The number of aliphatic hydroxyl groups is 1. The average Bonchev–Trinajstić information content (AvgIpc) is 2.26. The van der Waals surface area contributed by atoms with Crippen molar-refractivity contribution in [2.24, 2.45) is 5.92 Å². The number of likely N-dealkylation sites (tertiary alicyclic amines) is 1. The van der Waals surface area contributed by atoms with Crippen LogP contribution in [0.15, 0.2) is 0 Å². The van der Waals surface area contributed by atoms with Gasteiger partial charge in [0, 0.05) is 19.5 Å². The maximum atomic E-state index is 11.8. The highest BCUT2D eigenvalue weighted by atomic mass is 16.3. The van der Waals surface area contributed by atoms with Crippen molar-refractivity contribution in [2.45, 2.75) is 38.7 Å². The van der Waals surface area contributed by atoms with Gasteiger partial charge in [-0.3, -0.25) is 4.79 Å². The summed E-state index contributed by atoms with van der Waals surface area (Å²) in [6.45, 7) is 4.48. The van der Waals surface area contributed by atoms with Crippen molar-refractivity contribution >= 4 is 5.91 Å². The predicted octanol–water partition coefficient (Wildman–Crippen LogP) is 0.605. The topological polar surface area (TPSA) is 52.6 Å². The van der Waals surface area contributed by atoms with Gasteiger partial charge in [-0.05, 0) is 45.7 Å². The van der Waals surface area contributed by atoms with Crippen LogP contribution in [0.5, 0.6) is 0 Å². The highest BCUT2D eigenvalue weighted by Gasteiger charge is 2.22. The molecule has 4 heteroatoms. The van der Waals surface area contributed by atoms with Crippen LogP contribution in [0.3, 0.4) is 0 Å². The standard InChI is InChI=1S/C12H24N2O2/c1-10(15)5-6-12(16)14-7-3-4-11(9-14)8-13-2/h10-11,13,15H,3-9H2,1-2H3. The zero-order valence-electron chi connectivity index (χ0n) is 10.4. The lowest BCUT2D eigenvalue weighted by Gasteiger charge is -2.33. The maximum absolute atomic E-state index is 11.8. The van der Waals surface area contributed by atoms with Crippen LogP contribution < -0.4 is 5.32 Å². The molecule has 2 unspecified atom stereocenters. The first-order chi connectivity index (χ1) is 7.63. The van der Waals surface area contributed by atoms with E-state index < -0.39 is 0 Å². The quantitative estimate of drug-likeness (QED) is 0.725. The second kappa shape index (κ2) is 6.86. The van der Waals surface area contributed by atoms with E-state index in [1.807, 2.05) is 11.9 Å². The van der Waals surface area contributed by atoms with E-state index in [9.17, 15) is 4.79 Å². The summed E-state index contributed by atoms with van der Waals surface area (Å²) in [6.07, 6.45) is 2.99. The van der Waals surface area contributed by atoms with E-state index in [0.29, 0.717) is 18.8 Å². The Hall–Kier alpha value is -0.610. The van der Waals surface area contributed by atoms with Crippen LogP contribution in [0.25, 0.3) is 0 Å². The predicted molar refractivity (Wildman–Crippen MR) is 64.1 cm³/mol. The van der Waals surface area contributed by atoms with E-state index in [2.05, 4.69) is 5.32 Å². The third-order valence-electron chi connectivity index (χ3n) is 3.14. The number of carbonyl (C=O) groups is 1. The Labute approximate surface area is 98.0 Å². The Morgan fingerprint density at radius 3 is 3.00 bits per heavy atom. The Morgan fingerprint density at radius 1 is 1.62 bits per heavy atom. The number of nitrogens with zero attached hydrogens (tertiary/aromatic N) is 1. The Balaban J connectivity index is 2.32. The van der Waals surface area contributed by atoms with Gasteiger partial charge in [0.15, 0.2) is 0 Å². The molecule has 1 saturated heterocycles. The maximum Gasteiger partial charge on any atom is 0.222 e. The Morgan fingerprint density at radius 2 is 2.38 bits per heavy atom. The monoisotopic (exact) mass is 228 g/mol. The lowest BCUT2D eigenvalue weighted by atomic mass is 9.97. The van der Waals surface area contributed by atoms with Crippen molar-refractivity contribution in [2.75, 3.05) is 26.7 Å². The summed E-state index contributed by atoms with van der Waals surface area (Å²) in [7, 11) is 1.95. The smallest absolute Gasteiger partial charge is 0.222 e. The summed E-state index contributed by atoms with van der Waals surface area (Å²) in [4.78, 5) is 13.8. The molecular weight excluding hydrogens is 204 g/mol. The molecule has 0 aromatic carbocycles. The molecule has 2 atom stereocenters. The number of hydrogen-bond donors (Lipinski definition) is 2. The number of amides is 1. The van der Waals surface area contributed by atoms with Crippen LogP contribution in [-0.2, 0) is 4.79 Å². The van der Waals surface area contributed by atoms with E-state index in [4.69, 9.17) is 5.11 Å². The fraction of sp³-hybridized carbons (Fsp3) is 0.917. The van der Waals surface area contributed by atoms with Crippen molar-refractivity contribution in [1.29, 1.82) is 0 Å². The molecule has 1 aliphatic heterocycles. The summed E-state index contributed by atoms with van der Waals surface area (Å²) in [5.41, 5.74) is 0. The first-order valence-corrected chi connectivity index (χ1v) is 6.24. The van der Waals surface area contributed by atoms with Gasteiger partial charge in [-0.15, -0.1) is 0 Å². The SMILES string of the molecule is CNCC1CCCN(C(=O)CCC(C)O)C1. The summed E-state index contributed by atoms with van der Waals surface area (Å²) < 4.78 is 0. The normalized spacial score (nSPS) is 23.2. The van der Waals surface area contributed by atoms with Gasteiger partial charge in [0.2, 0.25) is 5.91 Å². The molecule has 0 aromatic rings. The molecule has 1 rings (SSSR count). The minimum atomic E-state index is -0.373. The summed E-state index contributed by atoms with van der Waals surface area (Å²) in [6, 6.07) is 0. The van der Waals surface area contributed by atoms with Crippen LogP contribution in [0.1, 0.15) is 32.6 Å². The van der Waals surface area contributed by atoms with Crippen molar-refractivity contribution in [3.63, 3.8) is 0 Å². The van der Waals surface area contributed by atoms with Crippen LogP contribution in [0, 0.1) is 5.92 Å². The summed E-state index contributed by atoms with van der Waals surface area (Å²) in [5, 5.41) is 12.3. The number of rotatable bonds is 5. The van der Waals surface area contributed by atoms with Gasteiger partial charge in [0.25, 0.3) is 0 Å². The molecule has 0 aliphatic carbocycles. The second-order valence-electron chi connectivity index (χ2n) is 4.79. The van der Waals surface area contributed by atoms with Gasteiger partial charge in [-0.2, -0.15) is 0 Å². The summed E-state index contributed by atoms with van der Waals surface area (Å²) >= 11 is 0. The van der Waals surface area contributed by atoms with Gasteiger partial charge in [0.05, 0.1) is 6.10 Å². The molecule has 1 aliphatic rings. The van der Waals surface area contributed by atoms with Gasteiger partial charge >= 0.3 is 0 Å². The lowest BCUT2D eigenvalue weighted by molar-refractivity contribution is -0.133. The van der Waals surface area contributed by atoms with Gasteiger partial charge in [-0.1, -0.05) is 0 Å². The van der Waals surface area contributed by atoms with Crippen LogP contribution in [-0.4, -0.2) is 48.7 Å². The molecule has 94 valence electrons. The van der Waals surface area contributed by atoms with Crippen LogP contribution in [0.4, 0.5) is 0 Å². The number of piperidine rings is 1. The van der Waals surface area contributed by atoms with Crippen LogP contribution >= 0.6 is 0 Å². The summed E-state index contributed by atoms with van der Waals surface area (Å²) in [5.74, 6) is 0.788. The number of hydrogen-bond acceptors (Lipinski definition) is 3. The highest BCUT2D eigenvalue weighted by Crippen LogP contribution is 2.17. The molecule has 0 bridgehead atoms. The van der Waals surface area contributed by atoms with E-state index in [-0.39, 0.29) is 12.0 Å². The first-order valence-electron chi connectivity index (χ1n) is 6.24. The number of carbonyl (C=O) groups excluding carboxylic acids is 1. The molecule has 2 N–H and O–H groups in total. The number of nitrogens with one attached hydrogen (secondary N) is 1. The lowest BCUT2D eigenvalue weighted by Crippen LogP contribution is -2.42. The molecule has 0 radical (unpaired) electrons. The van der Waals surface area contributed by atoms with Crippen molar-refractivity contribution < 1.29 is 9.90 Å². The van der Waals surface area contributed by atoms with Crippen molar-refractivity contribution in [3.8, 4) is 0 Å². The minimum absolute atomic E-state index is 0.196. The molecule has 1 fully saturated rings. The third kappa shape index (κ3) is 4.49. The highest BCUT2D eigenvalue weighted by molar-refractivity contribution is 5.76. The average molecular weight is 228 g/mol. The molecule has 4 nitrogen and oxygen atoms in total. The molecular formula is C12H24N2O2. The van der Waals surface area contributed by atoms with E-state index >= 15 is 0 Å². The van der Waals surface area contributed by atoms with Crippen LogP contribution in [0.2, 0.25) is 0 Å². The molecule has 0 spiro atoms. The molecule has 1 heterocycles. The van der Waals surface area contributed by atoms with Gasteiger partial charge in [0.1, 0.15) is 0 Å². The largest absolute Gasteiger partial charge is 0.393 e. The Bertz CT molecular complexity index is 217. The van der Waals surface area contributed by atoms with E-state index in [1.165, 1.54) is 6.42 Å². The van der Waals surface area contributed by atoms with Crippen molar-refractivity contribution in [1.82, 2.24) is 10.2 Å². The fourth-order valence-corrected chi connectivity index (χ4v) is 2.24. The van der Waals surface area contributed by atoms with E-state index in [0.717, 1.165) is 26.1 Å². The molecule has 16 heavy (non-hydrogen) atoms. The zero-order chi connectivity index (χ0) is 12.0. The second-order valence-corrected chi connectivity index (χ2v) is 4.79. The third-order valence-corrected chi connectivity index (χ3v) is 3.14. The molecule has 0 aromatic heterocycles. The molecule has 1 amide bonds. The number of aliphatic hydroxyl groups excluding tert-OH is 1. The van der Waals surface area contributed by atoms with Gasteiger partial charge < -0.3 is 15.3 Å². The zero-order valence-corrected chi connectivity index (χ0v) is 10.4. The Kier molecular flexibility index (Phi) is 5.77. The molecule has 0 saturated carbocycles. The van der Waals surface area contributed by atoms with Gasteiger partial charge in [-0.25, -0.2) is 0 Å². The first kappa shape index (κ1) is 13.5. The van der Waals surface area contributed by atoms with Crippen molar-refractivity contribution in [3.05, 3.63) is 0 Å². The van der Waals surface area contributed by atoms with E-state index in [1.54, 1.807) is 6.92 Å². The minimum Gasteiger partial charge on any atom is -0.393 e.